The molecule has 2 atom stereocenters. The summed E-state index contributed by atoms with van der Waals surface area (Å²) >= 11 is 4.82. The minimum atomic E-state index is -0.722. The van der Waals surface area contributed by atoms with Crippen molar-refractivity contribution >= 4 is 33.2 Å². The van der Waals surface area contributed by atoms with Gasteiger partial charge in [0.2, 0.25) is 0 Å². The van der Waals surface area contributed by atoms with Crippen LogP contribution in [0.3, 0.4) is 0 Å². The molecule has 18 heavy (non-hydrogen) atoms. The van der Waals surface area contributed by atoms with Crippen molar-refractivity contribution in [1.82, 2.24) is 5.32 Å². The Morgan fingerprint density at radius 2 is 2.50 bits per heavy atom. The molecule has 1 aliphatic carbocycles. The fraction of sp³-hybridized carbons (Fsp3) is 0.615. The van der Waals surface area contributed by atoms with E-state index in [0.29, 0.717) is 18.0 Å². The van der Waals surface area contributed by atoms with Crippen LogP contribution in [0, 0.1) is 5.92 Å². The third kappa shape index (κ3) is 3.56. The first-order valence-corrected chi connectivity index (χ1v) is 7.90. The van der Waals surface area contributed by atoms with Gasteiger partial charge in [0, 0.05) is 11.9 Å². The van der Waals surface area contributed by atoms with E-state index >= 15 is 0 Å². The van der Waals surface area contributed by atoms with Gasteiger partial charge in [-0.2, -0.15) is 0 Å². The number of hydrogen-bond donors (Lipinski definition) is 2. The molecule has 0 spiro atoms. The van der Waals surface area contributed by atoms with E-state index in [9.17, 15) is 9.90 Å². The lowest BCUT2D eigenvalue weighted by Gasteiger charge is -2.35. The lowest BCUT2D eigenvalue weighted by atomic mass is 9.79. The van der Waals surface area contributed by atoms with Gasteiger partial charge in [-0.15, -0.1) is 11.3 Å². The fourth-order valence-corrected chi connectivity index (χ4v) is 3.71. The van der Waals surface area contributed by atoms with E-state index in [1.165, 1.54) is 17.8 Å². The van der Waals surface area contributed by atoms with Crippen LogP contribution < -0.4 is 5.32 Å². The number of rotatable bonds is 3. The summed E-state index contributed by atoms with van der Waals surface area (Å²) in [7, 11) is 0. The normalized spacial score (nSPS) is 28.1. The van der Waals surface area contributed by atoms with Gasteiger partial charge in [-0.05, 0) is 40.8 Å². The number of carbonyl (C=O) groups excluding carboxylic acids is 1. The van der Waals surface area contributed by atoms with Crippen LogP contribution in [0.5, 0.6) is 0 Å². The van der Waals surface area contributed by atoms with E-state index in [-0.39, 0.29) is 5.91 Å². The summed E-state index contributed by atoms with van der Waals surface area (Å²) in [5.74, 6) is 0.430. The van der Waals surface area contributed by atoms with Crippen molar-refractivity contribution in [3.8, 4) is 0 Å². The van der Waals surface area contributed by atoms with Crippen LogP contribution in [-0.4, -0.2) is 23.2 Å². The molecule has 2 rings (SSSR count). The fourth-order valence-electron chi connectivity index (χ4n) is 2.57. The zero-order chi connectivity index (χ0) is 13.2. The van der Waals surface area contributed by atoms with Gasteiger partial charge in [-0.1, -0.05) is 19.8 Å². The van der Waals surface area contributed by atoms with Crippen LogP contribution in [0.15, 0.2) is 15.2 Å². The number of nitrogens with one attached hydrogen (secondary N) is 1. The molecule has 0 aromatic carbocycles. The van der Waals surface area contributed by atoms with Gasteiger partial charge in [-0.3, -0.25) is 4.79 Å². The summed E-state index contributed by atoms with van der Waals surface area (Å²) < 4.78 is 0.942. The smallest absolute Gasteiger partial charge is 0.252 e. The molecular weight excluding hydrogens is 314 g/mol. The van der Waals surface area contributed by atoms with E-state index < -0.39 is 5.60 Å². The maximum Gasteiger partial charge on any atom is 0.252 e. The standard InChI is InChI=1S/C13H18BrNO2S/c1-9-3-2-4-13(17,6-9)8-15-12(16)10-5-11(14)18-7-10/h5,7,9,17H,2-4,6,8H2,1H3,(H,15,16). The lowest BCUT2D eigenvalue weighted by Crippen LogP contribution is -2.45. The Kier molecular flexibility index (Phi) is 4.45. The van der Waals surface area contributed by atoms with Crippen molar-refractivity contribution in [3.05, 3.63) is 20.8 Å². The maximum atomic E-state index is 11.9. The van der Waals surface area contributed by atoms with E-state index in [2.05, 4.69) is 28.2 Å². The topological polar surface area (TPSA) is 49.3 Å². The summed E-state index contributed by atoms with van der Waals surface area (Å²) in [4.78, 5) is 11.9. The van der Waals surface area contributed by atoms with Crippen LogP contribution in [0.1, 0.15) is 43.0 Å². The van der Waals surface area contributed by atoms with Crippen LogP contribution in [-0.2, 0) is 0 Å². The molecule has 2 N–H and O–H groups in total. The van der Waals surface area contributed by atoms with Crippen molar-refractivity contribution in [2.24, 2.45) is 5.92 Å². The van der Waals surface area contributed by atoms with Crippen molar-refractivity contribution in [3.63, 3.8) is 0 Å². The molecule has 0 saturated heterocycles. The summed E-state index contributed by atoms with van der Waals surface area (Å²) in [5, 5.41) is 15.1. The van der Waals surface area contributed by atoms with Crippen molar-refractivity contribution in [2.75, 3.05) is 6.54 Å². The zero-order valence-corrected chi connectivity index (χ0v) is 12.8. The van der Waals surface area contributed by atoms with Gasteiger partial charge in [0.1, 0.15) is 0 Å². The van der Waals surface area contributed by atoms with Crippen LogP contribution in [0.2, 0.25) is 0 Å². The Labute approximate surface area is 120 Å². The summed E-state index contributed by atoms with van der Waals surface area (Å²) in [6.45, 7) is 2.51. The van der Waals surface area contributed by atoms with Crippen molar-refractivity contribution in [1.29, 1.82) is 0 Å². The Morgan fingerprint density at radius 3 is 3.11 bits per heavy atom. The third-order valence-corrected chi connectivity index (χ3v) is 4.98. The Bertz CT molecular complexity index is 434. The quantitative estimate of drug-likeness (QED) is 0.893. The second kappa shape index (κ2) is 5.72. The van der Waals surface area contributed by atoms with Gasteiger partial charge in [-0.25, -0.2) is 0 Å². The van der Waals surface area contributed by atoms with E-state index in [0.717, 1.165) is 23.0 Å². The Morgan fingerprint density at radius 1 is 1.72 bits per heavy atom. The lowest BCUT2D eigenvalue weighted by molar-refractivity contribution is -0.0109. The first-order chi connectivity index (χ1) is 8.48. The average molecular weight is 332 g/mol. The summed E-state index contributed by atoms with van der Waals surface area (Å²) in [6, 6.07) is 1.80. The van der Waals surface area contributed by atoms with Gasteiger partial charge in [0.05, 0.1) is 15.0 Å². The van der Waals surface area contributed by atoms with Crippen molar-refractivity contribution in [2.45, 2.75) is 38.2 Å². The summed E-state index contributed by atoms with van der Waals surface area (Å²) in [6.07, 6.45) is 3.77. The van der Waals surface area contributed by atoms with E-state index in [1.807, 2.05) is 5.38 Å². The number of halogens is 1. The average Bonchev–Trinajstić information content (AvgIpc) is 2.73. The highest BCUT2D eigenvalue weighted by Crippen LogP contribution is 2.31. The number of hydrogen-bond acceptors (Lipinski definition) is 3. The minimum Gasteiger partial charge on any atom is -0.388 e. The van der Waals surface area contributed by atoms with Crippen molar-refractivity contribution < 1.29 is 9.90 Å². The monoisotopic (exact) mass is 331 g/mol. The van der Waals surface area contributed by atoms with Gasteiger partial charge in [0.25, 0.3) is 5.91 Å². The highest BCUT2D eigenvalue weighted by Gasteiger charge is 2.32. The Balaban J connectivity index is 1.89. The SMILES string of the molecule is CC1CCCC(O)(CNC(=O)c2csc(Br)c2)C1. The molecule has 2 unspecified atom stereocenters. The van der Waals surface area contributed by atoms with Crippen LogP contribution >= 0.6 is 27.3 Å². The number of aliphatic hydroxyl groups is 1. The molecule has 1 amide bonds. The number of thiophene rings is 1. The molecule has 3 nitrogen and oxygen atoms in total. The van der Waals surface area contributed by atoms with E-state index in [1.54, 1.807) is 6.07 Å². The maximum absolute atomic E-state index is 11.9. The molecule has 1 aromatic heterocycles. The zero-order valence-electron chi connectivity index (χ0n) is 10.4. The molecule has 1 saturated carbocycles. The third-order valence-electron chi connectivity index (χ3n) is 3.48. The molecule has 5 heteroatoms. The Hall–Kier alpha value is -0.390. The van der Waals surface area contributed by atoms with E-state index in [4.69, 9.17) is 0 Å². The molecule has 1 aromatic rings. The predicted molar refractivity (Wildman–Crippen MR) is 76.9 cm³/mol. The molecule has 100 valence electrons. The summed E-state index contributed by atoms with van der Waals surface area (Å²) in [5.41, 5.74) is -0.0695. The van der Waals surface area contributed by atoms with Gasteiger partial charge in [0.15, 0.2) is 0 Å². The molecule has 0 radical (unpaired) electrons. The predicted octanol–water partition coefficient (Wildman–Crippen LogP) is 3.18. The molecule has 1 heterocycles. The van der Waals surface area contributed by atoms with Gasteiger partial charge >= 0.3 is 0 Å². The van der Waals surface area contributed by atoms with Crippen LogP contribution in [0.25, 0.3) is 0 Å². The second-order valence-corrected chi connectivity index (χ2v) is 7.54. The first-order valence-electron chi connectivity index (χ1n) is 6.23. The minimum absolute atomic E-state index is 0.108. The molecule has 1 fully saturated rings. The largest absolute Gasteiger partial charge is 0.388 e. The molecule has 0 aliphatic heterocycles. The first kappa shape index (κ1) is 14.0. The van der Waals surface area contributed by atoms with Gasteiger partial charge < -0.3 is 10.4 Å². The second-order valence-electron chi connectivity index (χ2n) is 5.25. The number of carbonyl (C=O) groups is 1. The highest BCUT2D eigenvalue weighted by atomic mass is 79.9. The molecular formula is C13H18BrNO2S. The van der Waals surface area contributed by atoms with Crippen LogP contribution in [0.4, 0.5) is 0 Å². The highest BCUT2D eigenvalue weighted by molar-refractivity contribution is 9.11. The number of amides is 1. The molecule has 1 aliphatic rings. The molecule has 0 bridgehead atoms.